The molecule has 0 saturated carbocycles. The van der Waals surface area contributed by atoms with Crippen LogP contribution in [0.25, 0.3) is 0 Å². The average molecular weight is 262 g/mol. The number of amides is 1. The van der Waals surface area contributed by atoms with Crippen LogP contribution in [0.1, 0.15) is 26.2 Å². The molecule has 2 rings (SSSR count). The maximum Gasteiger partial charge on any atom is 0.239 e. The smallest absolute Gasteiger partial charge is 0.239 e. The van der Waals surface area contributed by atoms with E-state index in [0.717, 1.165) is 39.1 Å². The van der Waals surface area contributed by atoms with Crippen LogP contribution in [0, 0.1) is 0 Å². The molecule has 2 saturated heterocycles. The molecule has 0 bridgehead atoms. The Labute approximate surface area is 110 Å². The lowest BCUT2D eigenvalue weighted by Gasteiger charge is -2.38. The van der Waals surface area contributed by atoms with Gasteiger partial charge in [0.15, 0.2) is 0 Å². The lowest BCUT2D eigenvalue weighted by Crippen LogP contribution is -2.58. The van der Waals surface area contributed by atoms with Gasteiger partial charge in [0.05, 0.1) is 6.04 Å². The first kappa shape index (κ1) is 14.7. The normalized spacial score (nSPS) is 25.0. The fraction of sp³-hybridized carbons (Fsp3) is 0.917. The number of carbonyl (C=O) groups excluding carboxylic acids is 1. The predicted molar refractivity (Wildman–Crippen MR) is 71.6 cm³/mol. The molecule has 0 radical (unpaired) electrons. The van der Waals surface area contributed by atoms with Gasteiger partial charge < -0.3 is 10.2 Å². The molecule has 1 N–H and O–H groups in total. The van der Waals surface area contributed by atoms with Crippen molar-refractivity contribution in [1.29, 1.82) is 0 Å². The van der Waals surface area contributed by atoms with Crippen molar-refractivity contribution in [3.8, 4) is 0 Å². The van der Waals surface area contributed by atoms with Crippen molar-refractivity contribution in [1.82, 2.24) is 15.1 Å². The number of hydrogen-bond acceptors (Lipinski definition) is 3. The third-order valence-corrected chi connectivity index (χ3v) is 3.63. The molecule has 0 aromatic carbocycles. The van der Waals surface area contributed by atoms with E-state index >= 15 is 0 Å². The zero-order chi connectivity index (χ0) is 11.4. The molecule has 1 amide bonds. The van der Waals surface area contributed by atoms with Crippen molar-refractivity contribution >= 4 is 18.3 Å². The van der Waals surface area contributed by atoms with Crippen molar-refractivity contribution in [3.05, 3.63) is 0 Å². The molecule has 0 aromatic rings. The van der Waals surface area contributed by atoms with Gasteiger partial charge in [-0.05, 0) is 25.9 Å². The average Bonchev–Trinajstić information content (AvgIpc) is 2.24. The summed E-state index contributed by atoms with van der Waals surface area (Å²) in [5.74, 6) is 0.321. The topological polar surface area (TPSA) is 35.6 Å². The quantitative estimate of drug-likeness (QED) is 0.810. The number of carbonyl (C=O) groups is 1. The number of halogens is 1. The van der Waals surface area contributed by atoms with E-state index < -0.39 is 0 Å². The van der Waals surface area contributed by atoms with Crippen molar-refractivity contribution in [3.63, 3.8) is 0 Å². The van der Waals surface area contributed by atoms with Crippen LogP contribution in [-0.2, 0) is 4.79 Å². The van der Waals surface area contributed by atoms with Gasteiger partial charge in [-0.1, -0.05) is 13.3 Å². The van der Waals surface area contributed by atoms with Crippen LogP contribution in [0.5, 0.6) is 0 Å². The van der Waals surface area contributed by atoms with Crippen LogP contribution in [0.2, 0.25) is 0 Å². The van der Waals surface area contributed by atoms with Crippen LogP contribution < -0.4 is 5.32 Å². The second-order valence-corrected chi connectivity index (χ2v) is 4.82. The molecule has 2 aliphatic rings. The number of nitrogens with zero attached hydrogens (tertiary/aromatic N) is 2. The highest BCUT2D eigenvalue weighted by atomic mass is 35.5. The Morgan fingerprint density at radius 1 is 1.29 bits per heavy atom. The van der Waals surface area contributed by atoms with Crippen molar-refractivity contribution in [2.45, 2.75) is 32.2 Å². The SMILES string of the molecule is CCCCN1CCN(C(=O)[C@@H]2CCN2)CC1.Cl. The zero-order valence-electron chi connectivity index (χ0n) is 10.7. The first-order chi connectivity index (χ1) is 7.81. The molecule has 2 aliphatic heterocycles. The Hall–Kier alpha value is -0.320. The van der Waals surface area contributed by atoms with Crippen LogP contribution in [-0.4, -0.2) is 61.0 Å². The van der Waals surface area contributed by atoms with Crippen molar-refractivity contribution < 1.29 is 4.79 Å². The van der Waals surface area contributed by atoms with Crippen LogP contribution in [0.4, 0.5) is 0 Å². The fourth-order valence-corrected chi connectivity index (χ4v) is 2.29. The van der Waals surface area contributed by atoms with Gasteiger partial charge in [-0.25, -0.2) is 0 Å². The highest BCUT2D eigenvalue weighted by molar-refractivity contribution is 5.85. The maximum absolute atomic E-state index is 11.9. The lowest BCUT2D eigenvalue weighted by atomic mass is 10.1. The minimum atomic E-state index is 0. The number of piperazine rings is 1. The summed E-state index contributed by atoms with van der Waals surface area (Å²) in [7, 11) is 0. The van der Waals surface area contributed by atoms with Crippen LogP contribution in [0.15, 0.2) is 0 Å². The minimum absolute atomic E-state index is 0. The molecule has 0 unspecified atom stereocenters. The molecule has 100 valence electrons. The Balaban J connectivity index is 0.00000144. The third-order valence-electron chi connectivity index (χ3n) is 3.63. The van der Waals surface area contributed by atoms with Gasteiger partial charge in [-0.3, -0.25) is 9.69 Å². The van der Waals surface area contributed by atoms with Gasteiger partial charge in [0.25, 0.3) is 0 Å². The van der Waals surface area contributed by atoms with E-state index in [0.29, 0.717) is 5.91 Å². The first-order valence-electron chi connectivity index (χ1n) is 6.56. The molecule has 17 heavy (non-hydrogen) atoms. The molecule has 1 atom stereocenters. The summed E-state index contributed by atoms with van der Waals surface area (Å²) in [6, 6.07) is 0.127. The van der Waals surface area contributed by atoms with Gasteiger partial charge in [0.2, 0.25) is 5.91 Å². The van der Waals surface area contributed by atoms with Gasteiger partial charge in [0.1, 0.15) is 0 Å². The lowest BCUT2D eigenvalue weighted by molar-refractivity contribution is -0.136. The molecule has 2 heterocycles. The molecular weight excluding hydrogens is 238 g/mol. The number of hydrogen-bond donors (Lipinski definition) is 1. The summed E-state index contributed by atoms with van der Waals surface area (Å²) < 4.78 is 0. The molecule has 2 fully saturated rings. The summed E-state index contributed by atoms with van der Waals surface area (Å²) in [6.07, 6.45) is 3.55. The van der Waals surface area contributed by atoms with E-state index in [4.69, 9.17) is 0 Å². The summed E-state index contributed by atoms with van der Waals surface area (Å²) in [4.78, 5) is 16.4. The third kappa shape index (κ3) is 3.83. The second kappa shape index (κ2) is 7.19. The largest absolute Gasteiger partial charge is 0.339 e. The minimum Gasteiger partial charge on any atom is -0.339 e. The monoisotopic (exact) mass is 261 g/mol. The Morgan fingerprint density at radius 3 is 2.41 bits per heavy atom. The highest BCUT2D eigenvalue weighted by Crippen LogP contribution is 2.10. The number of nitrogens with one attached hydrogen (secondary N) is 1. The van der Waals surface area contributed by atoms with E-state index in [-0.39, 0.29) is 18.4 Å². The summed E-state index contributed by atoms with van der Waals surface area (Å²) in [5.41, 5.74) is 0. The summed E-state index contributed by atoms with van der Waals surface area (Å²) in [6.45, 7) is 8.37. The summed E-state index contributed by atoms with van der Waals surface area (Å²) in [5, 5.41) is 3.18. The van der Waals surface area contributed by atoms with E-state index in [1.807, 2.05) is 4.90 Å². The second-order valence-electron chi connectivity index (χ2n) is 4.82. The number of rotatable bonds is 4. The van der Waals surface area contributed by atoms with E-state index in [1.165, 1.54) is 19.4 Å². The van der Waals surface area contributed by atoms with Gasteiger partial charge >= 0.3 is 0 Å². The van der Waals surface area contributed by atoms with Gasteiger partial charge in [0, 0.05) is 26.2 Å². The van der Waals surface area contributed by atoms with Gasteiger partial charge in [-0.15, -0.1) is 12.4 Å². The molecule has 5 heteroatoms. The Morgan fingerprint density at radius 2 is 1.94 bits per heavy atom. The summed E-state index contributed by atoms with van der Waals surface area (Å²) >= 11 is 0. The van der Waals surface area contributed by atoms with Gasteiger partial charge in [-0.2, -0.15) is 0 Å². The molecule has 0 aromatic heterocycles. The molecule has 0 spiro atoms. The Bertz CT molecular complexity index is 238. The first-order valence-corrected chi connectivity index (χ1v) is 6.56. The predicted octanol–water partition coefficient (Wildman–Crippen LogP) is 0.714. The standard InChI is InChI=1S/C12H23N3O.ClH/c1-2-3-6-14-7-9-15(10-8-14)12(16)11-4-5-13-11;/h11,13H,2-10H2,1H3;1H/t11-;/m0./s1. The van der Waals surface area contributed by atoms with E-state index in [9.17, 15) is 4.79 Å². The van der Waals surface area contributed by atoms with E-state index in [1.54, 1.807) is 0 Å². The maximum atomic E-state index is 11.9. The van der Waals surface area contributed by atoms with E-state index in [2.05, 4.69) is 17.1 Å². The molecule has 4 nitrogen and oxygen atoms in total. The van der Waals surface area contributed by atoms with Crippen molar-refractivity contribution in [2.24, 2.45) is 0 Å². The highest BCUT2D eigenvalue weighted by Gasteiger charge is 2.30. The Kier molecular flexibility index (Phi) is 6.23. The van der Waals surface area contributed by atoms with Crippen molar-refractivity contribution in [2.75, 3.05) is 39.3 Å². The van der Waals surface area contributed by atoms with Crippen LogP contribution in [0.3, 0.4) is 0 Å². The van der Waals surface area contributed by atoms with Crippen LogP contribution >= 0.6 is 12.4 Å². The number of unbranched alkanes of at least 4 members (excludes halogenated alkanes) is 1. The molecular formula is C12H24ClN3O. The fourth-order valence-electron chi connectivity index (χ4n) is 2.29. The zero-order valence-corrected chi connectivity index (χ0v) is 11.5. The molecule has 0 aliphatic carbocycles.